The van der Waals surface area contributed by atoms with E-state index >= 15 is 0 Å². The van der Waals surface area contributed by atoms with Gasteiger partial charge in [0.15, 0.2) is 0 Å². The number of carbonyl (C=O) groups is 3. The van der Waals surface area contributed by atoms with E-state index in [1.54, 1.807) is 73.8 Å². The van der Waals surface area contributed by atoms with Crippen molar-refractivity contribution in [2.24, 2.45) is 0 Å². The van der Waals surface area contributed by atoms with E-state index in [1.807, 2.05) is 12.1 Å². The Balaban J connectivity index is 1.42. The molecule has 3 aromatic rings. The van der Waals surface area contributed by atoms with E-state index in [9.17, 15) is 14.4 Å². The van der Waals surface area contributed by atoms with Gasteiger partial charge in [-0.25, -0.2) is 9.69 Å². The van der Waals surface area contributed by atoms with E-state index in [1.165, 1.54) is 6.08 Å². The average molecular weight is 458 g/mol. The zero-order valence-electron chi connectivity index (χ0n) is 18.4. The first-order valence-corrected chi connectivity index (χ1v) is 10.5. The minimum Gasteiger partial charge on any atom is -0.497 e. The first-order valence-electron chi connectivity index (χ1n) is 10.5. The summed E-state index contributed by atoms with van der Waals surface area (Å²) in [5.41, 5.74) is 0.801. The van der Waals surface area contributed by atoms with Gasteiger partial charge in [-0.3, -0.25) is 14.9 Å². The molecule has 0 spiro atoms. The highest BCUT2D eigenvalue weighted by molar-refractivity contribution is 6.39. The Labute approximate surface area is 196 Å². The third-order valence-electron chi connectivity index (χ3n) is 4.97. The summed E-state index contributed by atoms with van der Waals surface area (Å²) < 4.78 is 16.5. The highest BCUT2D eigenvalue weighted by Crippen LogP contribution is 2.23. The summed E-state index contributed by atoms with van der Waals surface area (Å²) in [7, 11) is 1.60. The van der Waals surface area contributed by atoms with E-state index in [0.717, 1.165) is 10.6 Å². The van der Waals surface area contributed by atoms with Crippen LogP contribution in [0.1, 0.15) is 5.56 Å². The number of imide groups is 2. The number of amides is 4. The molecule has 0 aliphatic carbocycles. The molecule has 1 fully saturated rings. The highest BCUT2D eigenvalue weighted by atomic mass is 16.5. The smallest absolute Gasteiger partial charge is 0.335 e. The predicted octanol–water partition coefficient (Wildman–Crippen LogP) is 3.82. The second-order valence-corrected chi connectivity index (χ2v) is 7.24. The molecule has 4 amide bonds. The van der Waals surface area contributed by atoms with Crippen molar-refractivity contribution in [3.05, 3.63) is 90.0 Å². The molecule has 1 N–H and O–H groups in total. The second kappa shape index (κ2) is 10.4. The van der Waals surface area contributed by atoms with E-state index < -0.39 is 17.8 Å². The molecule has 3 aromatic carbocycles. The van der Waals surface area contributed by atoms with E-state index in [4.69, 9.17) is 14.2 Å². The van der Waals surface area contributed by atoms with Crippen LogP contribution in [0.25, 0.3) is 6.08 Å². The number of carbonyl (C=O) groups excluding carboxylic acids is 3. The van der Waals surface area contributed by atoms with Crippen molar-refractivity contribution < 1.29 is 28.6 Å². The molecule has 1 aliphatic rings. The molecule has 0 atom stereocenters. The molecular formula is C26H22N2O6. The zero-order valence-corrected chi connectivity index (χ0v) is 18.4. The Bertz CT molecular complexity index is 1220. The summed E-state index contributed by atoms with van der Waals surface area (Å²) in [6.07, 6.45) is 1.43. The molecule has 0 saturated carbocycles. The van der Waals surface area contributed by atoms with Crippen LogP contribution in [0, 0.1) is 0 Å². The lowest BCUT2D eigenvalue weighted by molar-refractivity contribution is -0.122. The van der Waals surface area contributed by atoms with E-state index in [-0.39, 0.29) is 5.57 Å². The van der Waals surface area contributed by atoms with Gasteiger partial charge in [0.25, 0.3) is 11.8 Å². The molecule has 0 radical (unpaired) electrons. The lowest BCUT2D eigenvalue weighted by Crippen LogP contribution is -2.54. The average Bonchev–Trinajstić information content (AvgIpc) is 2.86. The first kappa shape index (κ1) is 22.6. The third kappa shape index (κ3) is 5.24. The number of hydrogen-bond acceptors (Lipinski definition) is 6. The van der Waals surface area contributed by atoms with Crippen molar-refractivity contribution in [2.75, 3.05) is 25.2 Å². The summed E-state index contributed by atoms with van der Waals surface area (Å²) in [5, 5.41) is 2.21. The number of methoxy groups -OCH3 is 1. The van der Waals surface area contributed by atoms with Gasteiger partial charge in [-0.15, -0.1) is 0 Å². The third-order valence-corrected chi connectivity index (χ3v) is 4.97. The second-order valence-electron chi connectivity index (χ2n) is 7.24. The normalized spacial score (nSPS) is 14.7. The van der Waals surface area contributed by atoms with E-state index in [0.29, 0.717) is 36.0 Å². The number of ether oxygens (including phenoxy) is 3. The SMILES string of the molecule is COc1ccc(OCCOc2cccc(C=C3C(=O)NC(=O)N(c4ccccc4)C3=O)c2)cc1. The Morgan fingerprint density at radius 2 is 1.47 bits per heavy atom. The topological polar surface area (TPSA) is 94.2 Å². The van der Waals surface area contributed by atoms with Crippen LogP contribution in [-0.4, -0.2) is 38.2 Å². The van der Waals surface area contributed by atoms with Crippen LogP contribution in [0.5, 0.6) is 17.2 Å². The number of benzene rings is 3. The summed E-state index contributed by atoms with van der Waals surface area (Å²) >= 11 is 0. The number of rotatable bonds is 8. The van der Waals surface area contributed by atoms with Crippen molar-refractivity contribution in [1.82, 2.24) is 5.32 Å². The molecule has 172 valence electrons. The van der Waals surface area contributed by atoms with Gasteiger partial charge in [0.2, 0.25) is 0 Å². The minimum absolute atomic E-state index is 0.150. The Morgan fingerprint density at radius 3 is 2.18 bits per heavy atom. The molecule has 1 heterocycles. The minimum atomic E-state index is -0.785. The van der Waals surface area contributed by atoms with Crippen LogP contribution in [0.15, 0.2) is 84.4 Å². The largest absolute Gasteiger partial charge is 0.497 e. The molecule has 0 aromatic heterocycles. The predicted molar refractivity (Wildman–Crippen MR) is 126 cm³/mol. The molecule has 0 bridgehead atoms. The summed E-state index contributed by atoms with van der Waals surface area (Å²) in [5.74, 6) is 0.547. The number of nitrogens with one attached hydrogen (secondary N) is 1. The maximum absolute atomic E-state index is 12.9. The number of hydrogen-bond donors (Lipinski definition) is 1. The van der Waals surface area contributed by atoms with Crippen LogP contribution in [0.4, 0.5) is 10.5 Å². The Morgan fingerprint density at radius 1 is 0.794 bits per heavy atom. The molecule has 1 aliphatic heterocycles. The standard InChI is InChI=1S/C26H22N2O6/c1-32-20-10-12-21(13-11-20)33-14-15-34-22-9-5-6-18(16-22)17-23-24(29)27-26(31)28(25(23)30)19-7-3-2-4-8-19/h2-13,16-17H,14-15H2,1H3,(H,27,29,31). The van der Waals surface area contributed by atoms with Gasteiger partial charge < -0.3 is 14.2 Å². The molecular weight excluding hydrogens is 436 g/mol. The van der Waals surface area contributed by atoms with Crippen LogP contribution in [0.3, 0.4) is 0 Å². The van der Waals surface area contributed by atoms with Crippen LogP contribution in [-0.2, 0) is 9.59 Å². The molecule has 8 heteroatoms. The van der Waals surface area contributed by atoms with Gasteiger partial charge in [0.1, 0.15) is 36.0 Å². The molecule has 4 rings (SSSR count). The van der Waals surface area contributed by atoms with Crippen molar-refractivity contribution in [2.45, 2.75) is 0 Å². The highest BCUT2D eigenvalue weighted by Gasteiger charge is 2.36. The fourth-order valence-corrected chi connectivity index (χ4v) is 3.32. The number of barbiturate groups is 1. The quantitative estimate of drug-likeness (QED) is 0.313. The van der Waals surface area contributed by atoms with Gasteiger partial charge in [0.05, 0.1) is 12.8 Å². The fraction of sp³-hybridized carbons (Fsp3) is 0.115. The van der Waals surface area contributed by atoms with Crippen LogP contribution < -0.4 is 24.4 Å². The maximum Gasteiger partial charge on any atom is 0.335 e. The number of urea groups is 1. The summed E-state index contributed by atoms with van der Waals surface area (Å²) in [6, 6.07) is 21.8. The maximum atomic E-state index is 12.9. The Hall–Kier alpha value is -4.59. The lowest BCUT2D eigenvalue weighted by Gasteiger charge is -2.26. The monoisotopic (exact) mass is 458 g/mol. The van der Waals surface area contributed by atoms with Crippen molar-refractivity contribution in [3.8, 4) is 17.2 Å². The summed E-state index contributed by atoms with van der Waals surface area (Å²) in [4.78, 5) is 38.5. The lowest BCUT2D eigenvalue weighted by atomic mass is 10.1. The number of anilines is 1. The van der Waals surface area contributed by atoms with Crippen LogP contribution >= 0.6 is 0 Å². The van der Waals surface area contributed by atoms with E-state index in [2.05, 4.69) is 5.32 Å². The van der Waals surface area contributed by atoms with Crippen molar-refractivity contribution in [1.29, 1.82) is 0 Å². The molecule has 8 nitrogen and oxygen atoms in total. The van der Waals surface area contributed by atoms with Gasteiger partial charge >= 0.3 is 6.03 Å². The van der Waals surface area contributed by atoms with Gasteiger partial charge in [0, 0.05) is 0 Å². The first-order chi connectivity index (χ1) is 16.5. The Kier molecular flexibility index (Phi) is 6.88. The van der Waals surface area contributed by atoms with Crippen LogP contribution in [0.2, 0.25) is 0 Å². The molecule has 34 heavy (non-hydrogen) atoms. The van der Waals surface area contributed by atoms with Gasteiger partial charge in [-0.1, -0.05) is 30.3 Å². The molecule has 1 saturated heterocycles. The van der Waals surface area contributed by atoms with Crippen molar-refractivity contribution >= 4 is 29.6 Å². The number of para-hydroxylation sites is 1. The summed E-state index contributed by atoms with van der Waals surface area (Å²) in [6.45, 7) is 0.619. The van der Waals surface area contributed by atoms with Gasteiger partial charge in [-0.2, -0.15) is 0 Å². The molecule has 0 unspecified atom stereocenters. The van der Waals surface area contributed by atoms with Crippen molar-refractivity contribution in [3.63, 3.8) is 0 Å². The van der Waals surface area contributed by atoms with Gasteiger partial charge in [-0.05, 0) is 60.2 Å². The fourth-order valence-electron chi connectivity index (χ4n) is 3.32. The number of nitrogens with zero attached hydrogens (tertiary/aromatic N) is 1. The zero-order chi connectivity index (χ0) is 23.9.